The molecule has 2 aromatic rings. The molecule has 1 aromatic carbocycles. The lowest BCUT2D eigenvalue weighted by Crippen LogP contribution is -2.39. The number of benzene rings is 1. The topological polar surface area (TPSA) is 24.5 Å². The summed E-state index contributed by atoms with van der Waals surface area (Å²) in [7, 11) is 0. The van der Waals surface area contributed by atoms with Crippen LogP contribution in [0.25, 0.3) is 0 Å². The zero-order valence-corrected chi connectivity index (χ0v) is 15.9. The first-order valence-corrected chi connectivity index (χ1v) is 9.74. The summed E-state index contributed by atoms with van der Waals surface area (Å²) in [5, 5.41) is 6.19. The van der Waals surface area contributed by atoms with Crippen LogP contribution < -0.4 is 5.32 Å². The van der Waals surface area contributed by atoms with Crippen LogP contribution in [0.5, 0.6) is 0 Å². The Labute approximate surface area is 154 Å². The maximum Gasteiger partial charge on any atom is 0.173 e. The maximum absolute atomic E-state index is 5.79. The molecule has 0 saturated carbocycles. The van der Waals surface area contributed by atoms with E-state index in [1.807, 2.05) is 24.3 Å². The molecule has 0 radical (unpaired) electrons. The Morgan fingerprint density at radius 3 is 3.00 bits per heavy atom. The van der Waals surface area contributed by atoms with E-state index in [2.05, 4.69) is 43.7 Å². The lowest BCUT2D eigenvalue weighted by molar-refractivity contribution is 0.0907. The molecule has 6 heteroatoms. The molecule has 0 amide bonds. The first-order valence-electron chi connectivity index (χ1n) is 7.66. The third-order valence-corrected chi connectivity index (χ3v) is 5.45. The minimum absolute atomic E-state index is 0.275. The smallest absolute Gasteiger partial charge is 0.173 e. The van der Waals surface area contributed by atoms with Gasteiger partial charge in [0.15, 0.2) is 5.11 Å². The van der Waals surface area contributed by atoms with Gasteiger partial charge in [0.1, 0.15) is 0 Å². The average molecular weight is 411 g/mol. The van der Waals surface area contributed by atoms with Gasteiger partial charge in [0, 0.05) is 28.2 Å². The van der Waals surface area contributed by atoms with Gasteiger partial charge >= 0.3 is 0 Å². The Morgan fingerprint density at radius 2 is 2.30 bits per heavy atom. The molecular formula is C17H19BrN2OS2. The number of thiophene rings is 1. The van der Waals surface area contributed by atoms with Crippen molar-refractivity contribution in [3.8, 4) is 0 Å². The van der Waals surface area contributed by atoms with Gasteiger partial charge in [0.25, 0.3) is 0 Å². The molecular weight excluding hydrogens is 392 g/mol. The van der Waals surface area contributed by atoms with Crippen molar-refractivity contribution in [1.29, 1.82) is 0 Å². The largest absolute Gasteiger partial charge is 0.376 e. The number of hydrogen-bond acceptors (Lipinski definition) is 3. The predicted octanol–water partition coefficient (Wildman–Crippen LogP) is 4.89. The summed E-state index contributed by atoms with van der Waals surface area (Å²) in [5.41, 5.74) is 0.993. The number of nitrogens with zero attached hydrogens (tertiary/aromatic N) is 1. The highest BCUT2D eigenvalue weighted by Crippen LogP contribution is 2.20. The monoisotopic (exact) mass is 410 g/mol. The van der Waals surface area contributed by atoms with E-state index in [4.69, 9.17) is 17.0 Å². The molecule has 1 aliphatic rings. The van der Waals surface area contributed by atoms with Crippen molar-refractivity contribution in [3.63, 3.8) is 0 Å². The molecule has 0 unspecified atom stereocenters. The van der Waals surface area contributed by atoms with Gasteiger partial charge in [-0.2, -0.15) is 0 Å². The SMILES string of the molecule is S=C(Nc1cccc(Br)c1)N(Cc1cccs1)C[C@H]1CCCO1. The van der Waals surface area contributed by atoms with Gasteiger partial charge in [-0.05, 0) is 54.7 Å². The summed E-state index contributed by atoms with van der Waals surface area (Å²) in [6.07, 6.45) is 2.53. The van der Waals surface area contributed by atoms with Gasteiger partial charge in [-0.1, -0.05) is 28.1 Å². The highest BCUT2D eigenvalue weighted by atomic mass is 79.9. The fourth-order valence-electron chi connectivity index (χ4n) is 2.61. The van der Waals surface area contributed by atoms with Crippen molar-refractivity contribution in [2.24, 2.45) is 0 Å². The molecule has 0 aliphatic carbocycles. The molecule has 1 saturated heterocycles. The highest BCUT2D eigenvalue weighted by molar-refractivity contribution is 9.10. The summed E-state index contributed by atoms with van der Waals surface area (Å²) >= 11 is 10.9. The lowest BCUT2D eigenvalue weighted by atomic mass is 10.2. The minimum atomic E-state index is 0.275. The second-order valence-electron chi connectivity index (χ2n) is 5.54. The standard InChI is InChI=1S/C17H19BrN2OS2/c18-13-4-1-5-14(10-13)19-17(22)20(11-15-6-2-8-21-15)12-16-7-3-9-23-16/h1,3-5,7,9-10,15H,2,6,8,11-12H2,(H,19,22)/t15-/m1/s1. The number of hydrogen-bond donors (Lipinski definition) is 1. The summed E-state index contributed by atoms with van der Waals surface area (Å²) < 4.78 is 6.83. The molecule has 3 rings (SSSR count). The zero-order chi connectivity index (χ0) is 16.1. The normalized spacial score (nSPS) is 17.2. The Balaban J connectivity index is 1.68. The second kappa shape index (κ2) is 8.24. The van der Waals surface area contributed by atoms with E-state index in [0.717, 1.165) is 47.8 Å². The number of rotatable bonds is 5. The van der Waals surface area contributed by atoms with E-state index in [9.17, 15) is 0 Å². The van der Waals surface area contributed by atoms with Gasteiger partial charge < -0.3 is 15.0 Å². The molecule has 0 bridgehead atoms. The molecule has 0 spiro atoms. The average Bonchev–Trinajstić information content (AvgIpc) is 3.20. The van der Waals surface area contributed by atoms with Crippen molar-refractivity contribution < 1.29 is 4.74 Å². The third kappa shape index (κ3) is 5.01. The summed E-state index contributed by atoms with van der Waals surface area (Å²) in [6, 6.07) is 12.3. The second-order valence-corrected chi connectivity index (χ2v) is 7.87. The van der Waals surface area contributed by atoms with Crippen molar-refractivity contribution in [2.75, 3.05) is 18.5 Å². The third-order valence-electron chi connectivity index (χ3n) is 3.74. The number of halogens is 1. The van der Waals surface area contributed by atoms with Gasteiger partial charge in [-0.15, -0.1) is 11.3 Å². The summed E-state index contributed by atoms with van der Waals surface area (Å²) in [4.78, 5) is 3.51. The van der Waals surface area contributed by atoms with Crippen LogP contribution in [0.15, 0.2) is 46.3 Å². The number of thiocarbonyl (C=S) groups is 1. The van der Waals surface area contributed by atoms with E-state index in [1.54, 1.807) is 11.3 Å². The van der Waals surface area contributed by atoms with Crippen LogP contribution in [0.3, 0.4) is 0 Å². The molecule has 1 aliphatic heterocycles. The summed E-state index contributed by atoms with van der Waals surface area (Å²) in [5.74, 6) is 0. The maximum atomic E-state index is 5.79. The summed E-state index contributed by atoms with van der Waals surface area (Å²) in [6.45, 7) is 2.51. The molecule has 3 nitrogen and oxygen atoms in total. The molecule has 1 aromatic heterocycles. The van der Waals surface area contributed by atoms with Crippen molar-refractivity contribution in [2.45, 2.75) is 25.5 Å². The highest BCUT2D eigenvalue weighted by Gasteiger charge is 2.21. The van der Waals surface area contributed by atoms with E-state index >= 15 is 0 Å². The van der Waals surface area contributed by atoms with Crippen LogP contribution in [0, 0.1) is 0 Å². The Hall–Kier alpha value is -0.950. The number of anilines is 1. The first-order chi connectivity index (χ1) is 11.2. The fourth-order valence-corrected chi connectivity index (χ4v) is 3.99. The Morgan fingerprint density at radius 1 is 1.39 bits per heavy atom. The zero-order valence-electron chi connectivity index (χ0n) is 12.7. The predicted molar refractivity (Wildman–Crippen MR) is 104 cm³/mol. The van der Waals surface area contributed by atoms with E-state index in [0.29, 0.717) is 0 Å². The van der Waals surface area contributed by atoms with Crippen LogP contribution >= 0.6 is 39.5 Å². The van der Waals surface area contributed by atoms with Crippen LogP contribution in [0.2, 0.25) is 0 Å². The van der Waals surface area contributed by atoms with Gasteiger partial charge in [0.05, 0.1) is 12.6 Å². The molecule has 1 fully saturated rings. The van der Waals surface area contributed by atoms with Gasteiger partial charge in [-0.25, -0.2) is 0 Å². The van der Waals surface area contributed by atoms with Crippen molar-refractivity contribution in [1.82, 2.24) is 4.90 Å². The molecule has 2 heterocycles. The van der Waals surface area contributed by atoms with Crippen molar-refractivity contribution in [3.05, 3.63) is 51.1 Å². The van der Waals surface area contributed by atoms with Crippen LogP contribution in [-0.4, -0.2) is 29.3 Å². The quantitative estimate of drug-likeness (QED) is 0.709. The minimum Gasteiger partial charge on any atom is -0.376 e. The van der Waals surface area contributed by atoms with E-state index in [1.165, 1.54) is 4.88 Å². The van der Waals surface area contributed by atoms with Crippen LogP contribution in [0.4, 0.5) is 5.69 Å². The fraction of sp³-hybridized carbons (Fsp3) is 0.353. The van der Waals surface area contributed by atoms with Gasteiger partial charge in [-0.3, -0.25) is 0 Å². The number of ether oxygens (including phenoxy) is 1. The number of nitrogens with one attached hydrogen (secondary N) is 1. The van der Waals surface area contributed by atoms with Gasteiger partial charge in [0.2, 0.25) is 0 Å². The van der Waals surface area contributed by atoms with Crippen LogP contribution in [-0.2, 0) is 11.3 Å². The van der Waals surface area contributed by atoms with Crippen LogP contribution in [0.1, 0.15) is 17.7 Å². The van der Waals surface area contributed by atoms with E-state index < -0.39 is 0 Å². The van der Waals surface area contributed by atoms with Crippen molar-refractivity contribution >= 4 is 50.3 Å². The Bertz CT molecular complexity index is 642. The molecule has 1 N–H and O–H groups in total. The molecule has 1 atom stereocenters. The lowest BCUT2D eigenvalue weighted by Gasteiger charge is -2.28. The van der Waals surface area contributed by atoms with E-state index in [-0.39, 0.29) is 6.10 Å². The first kappa shape index (κ1) is 16.9. The Kier molecular flexibility index (Phi) is 6.05. The molecule has 122 valence electrons. The molecule has 23 heavy (non-hydrogen) atoms.